The Kier molecular flexibility index (Phi) is 5.33. The third-order valence-corrected chi connectivity index (χ3v) is 4.03. The first-order valence-corrected chi connectivity index (χ1v) is 8.80. The molecule has 2 aromatic carbocycles. The second-order valence-corrected chi connectivity index (χ2v) is 6.11. The molecule has 0 atom stereocenters. The van der Waals surface area contributed by atoms with Gasteiger partial charge >= 0.3 is 0 Å². The number of furan rings is 1. The zero-order valence-electron chi connectivity index (χ0n) is 15.2. The van der Waals surface area contributed by atoms with E-state index in [2.05, 4.69) is 15.5 Å². The molecule has 7 nitrogen and oxygen atoms in total. The van der Waals surface area contributed by atoms with E-state index < -0.39 is 0 Å². The van der Waals surface area contributed by atoms with Gasteiger partial charge in [0.05, 0.1) is 12.7 Å². The molecule has 146 valence electrons. The van der Waals surface area contributed by atoms with E-state index in [1.54, 1.807) is 18.2 Å². The molecule has 0 aliphatic heterocycles. The van der Waals surface area contributed by atoms with Crippen LogP contribution in [0.15, 0.2) is 75.9 Å². The van der Waals surface area contributed by atoms with Gasteiger partial charge in [0.15, 0.2) is 12.4 Å². The number of benzene rings is 2. The van der Waals surface area contributed by atoms with Crippen molar-refractivity contribution < 1.29 is 22.9 Å². The quantitative estimate of drug-likeness (QED) is 0.509. The maximum atomic E-state index is 12.9. The van der Waals surface area contributed by atoms with Gasteiger partial charge in [-0.15, -0.1) is 0 Å². The number of carbonyl (C=O) groups excluding carboxylic acids is 1. The average molecular weight is 393 g/mol. The molecule has 0 spiro atoms. The molecule has 29 heavy (non-hydrogen) atoms. The fraction of sp³-hybridized carbons (Fsp3) is 0.0952. The van der Waals surface area contributed by atoms with Gasteiger partial charge in [-0.05, 0) is 48.0 Å². The van der Waals surface area contributed by atoms with E-state index >= 15 is 0 Å². The molecule has 0 fully saturated rings. The van der Waals surface area contributed by atoms with Crippen molar-refractivity contribution in [2.75, 3.05) is 11.9 Å². The van der Waals surface area contributed by atoms with Crippen LogP contribution in [0.3, 0.4) is 0 Å². The van der Waals surface area contributed by atoms with Crippen molar-refractivity contribution in [1.82, 2.24) is 10.1 Å². The van der Waals surface area contributed by atoms with Gasteiger partial charge < -0.3 is 19.0 Å². The Balaban J connectivity index is 1.40. The molecule has 0 aliphatic carbocycles. The van der Waals surface area contributed by atoms with Crippen LogP contribution in [0.1, 0.15) is 11.5 Å². The highest BCUT2D eigenvalue weighted by Crippen LogP contribution is 2.21. The van der Waals surface area contributed by atoms with E-state index in [9.17, 15) is 9.18 Å². The van der Waals surface area contributed by atoms with Gasteiger partial charge in [-0.1, -0.05) is 23.4 Å². The first-order valence-electron chi connectivity index (χ1n) is 8.80. The van der Waals surface area contributed by atoms with Crippen LogP contribution < -0.4 is 10.1 Å². The summed E-state index contributed by atoms with van der Waals surface area (Å²) in [5.74, 6) is 0.959. The summed E-state index contributed by atoms with van der Waals surface area (Å²) in [4.78, 5) is 16.6. The predicted octanol–water partition coefficient (Wildman–Crippen LogP) is 4.08. The number of aromatic nitrogens is 2. The summed E-state index contributed by atoms with van der Waals surface area (Å²) in [6.07, 6.45) is 1.87. The number of para-hydroxylation sites is 1. The number of halogens is 1. The van der Waals surface area contributed by atoms with Crippen LogP contribution in [0.5, 0.6) is 5.75 Å². The number of carbonyl (C=O) groups is 1. The second kappa shape index (κ2) is 8.39. The van der Waals surface area contributed by atoms with Crippen LogP contribution in [0, 0.1) is 5.82 Å². The summed E-state index contributed by atoms with van der Waals surface area (Å²) in [5.41, 5.74) is 1.41. The highest BCUT2D eigenvalue weighted by atomic mass is 19.1. The minimum absolute atomic E-state index is 0.205. The second-order valence-electron chi connectivity index (χ2n) is 6.11. The fourth-order valence-electron chi connectivity index (χ4n) is 2.66. The standard InChI is InChI=1S/C21H16FN3O4/c22-15-7-9-16(10-8-15)28-13-19(26)23-17-5-2-1-4-14(17)12-20-24-21(25-29-20)18-6-3-11-27-18/h1-11H,12-13H2,(H,23,26). The number of hydrogen-bond donors (Lipinski definition) is 1. The van der Waals surface area contributed by atoms with E-state index in [1.165, 1.54) is 30.5 Å². The summed E-state index contributed by atoms with van der Waals surface area (Å²) in [6, 6.07) is 16.2. The Morgan fingerprint density at radius 1 is 1.07 bits per heavy atom. The van der Waals surface area contributed by atoms with Gasteiger partial charge in [-0.2, -0.15) is 4.98 Å². The van der Waals surface area contributed by atoms with E-state index in [-0.39, 0.29) is 18.3 Å². The van der Waals surface area contributed by atoms with Crippen LogP contribution in [0.25, 0.3) is 11.6 Å². The molecule has 2 aromatic heterocycles. The summed E-state index contributed by atoms with van der Waals surface area (Å²) >= 11 is 0. The van der Waals surface area contributed by atoms with Crippen LogP contribution in [0.4, 0.5) is 10.1 Å². The number of nitrogens with zero attached hydrogens (tertiary/aromatic N) is 2. The lowest BCUT2D eigenvalue weighted by Crippen LogP contribution is -2.21. The molecule has 0 radical (unpaired) electrons. The number of anilines is 1. The third kappa shape index (κ3) is 4.67. The number of rotatable bonds is 7. The maximum absolute atomic E-state index is 12.9. The number of hydrogen-bond acceptors (Lipinski definition) is 6. The van der Waals surface area contributed by atoms with Crippen LogP contribution in [0.2, 0.25) is 0 Å². The average Bonchev–Trinajstić information content (AvgIpc) is 3.41. The van der Waals surface area contributed by atoms with Crippen molar-refractivity contribution in [3.05, 3.63) is 84.2 Å². The minimum Gasteiger partial charge on any atom is -0.484 e. The van der Waals surface area contributed by atoms with Crippen LogP contribution in [-0.4, -0.2) is 22.7 Å². The molecule has 0 saturated heterocycles. The minimum atomic E-state index is -0.369. The normalized spacial score (nSPS) is 10.7. The van der Waals surface area contributed by atoms with Crippen molar-refractivity contribution in [3.63, 3.8) is 0 Å². The summed E-state index contributed by atoms with van der Waals surface area (Å²) in [7, 11) is 0. The SMILES string of the molecule is O=C(COc1ccc(F)cc1)Nc1ccccc1Cc1nc(-c2ccco2)no1. The van der Waals surface area contributed by atoms with Crippen LogP contribution >= 0.6 is 0 Å². The van der Waals surface area contributed by atoms with Gasteiger partial charge in [0.25, 0.3) is 5.91 Å². The zero-order valence-corrected chi connectivity index (χ0v) is 15.2. The van der Waals surface area contributed by atoms with Gasteiger partial charge in [0, 0.05) is 5.69 Å². The Hall–Kier alpha value is -3.94. The van der Waals surface area contributed by atoms with Gasteiger partial charge in [-0.3, -0.25) is 4.79 Å². The first-order chi connectivity index (χ1) is 14.2. The van der Waals surface area contributed by atoms with E-state index in [1.807, 2.05) is 18.2 Å². The molecule has 0 aliphatic rings. The van der Waals surface area contributed by atoms with Crippen molar-refractivity contribution in [2.45, 2.75) is 6.42 Å². The molecule has 1 N–H and O–H groups in total. The molecule has 4 aromatic rings. The maximum Gasteiger partial charge on any atom is 0.262 e. The summed E-state index contributed by atoms with van der Waals surface area (Å²) in [6.45, 7) is -0.205. The third-order valence-electron chi connectivity index (χ3n) is 4.03. The van der Waals surface area contributed by atoms with Crippen LogP contribution in [-0.2, 0) is 11.2 Å². The molecule has 0 saturated carbocycles. The lowest BCUT2D eigenvalue weighted by atomic mass is 10.1. The highest BCUT2D eigenvalue weighted by Gasteiger charge is 2.14. The Morgan fingerprint density at radius 2 is 1.90 bits per heavy atom. The van der Waals surface area contributed by atoms with E-state index in [0.29, 0.717) is 35.3 Å². The number of ether oxygens (including phenoxy) is 1. The number of nitrogens with one attached hydrogen (secondary N) is 1. The Morgan fingerprint density at radius 3 is 2.69 bits per heavy atom. The van der Waals surface area contributed by atoms with Crippen molar-refractivity contribution in [2.24, 2.45) is 0 Å². The monoisotopic (exact) mass is 393 g/mol. The lowest BCUT2D eigenvalue weighted by Gasteiger charge is -2.10. The Bertz CT molecular complexity index is 1090. The van der Waals surface area contributed by atoms with Crippen molar-refractivity contribution in [3.8, 4) is 17.3 Å². The summed E-state index contributed by atoms with van der Waals surface area (Å²) in [5, 5.41) is 6.70. The highest BCUT2D eigenvalue weighted by molar-refractivity contribution is 5.92. The summed E-state index contributed by atoms with van der Waals surface area (Å²) < 4.78 is 28.8. The predicted molar refractivity (Wildman–Crippen MR) is 102 cm³/mol. The molecule has 0 bridgehead atoms. The smallest absolute Gasteiger partial charge is 0.262 e. The lowest BCUT2D eigenvalue weighted by molar-refractivity contribution is -0.118. The van der Waals surface area contributed by atoms with Gasteiger partial charge in [0.1, 0.15) is 11.6 Å². The van der Waals surface area contributed by atoms with Gasteiger partial charge in [0.2, 0.25) is 11.7 Å². The molecule has 8 heteroatoms. The fourth-order valence-corrected chi connectivity index (χ4v) is 2.66. The van der Waals surface area contributed by atoms with Crippen molar-refractivity contribution >= 4 is 11.6 Å². The molecule has 2 heterocycles. The largest absolute Gasteiger partial charge is 0.484 e. The molecule has 4 rings (SSSR count). The topological polar surface area (TPSA) is 90.4 Å². The number of amides is 1. The van der Waals surface area contributed by atoms with Gasteiger partial charge in [-0.25, -0.2) is 4.39 Å². The molecule has 1 amide bonds. The zero-order chi connectivity index (χ0) is 20.1. The molecular weight excluding hydrogens is 377 g/mol. The molecule has 0 unspecified atom stereocenters. The molecular formula is C21H16FN3O4. The Labute approximate surface area is 165 Å². The van der Waals surface area contributed by atoms with E-state index in [4.69, 9.17) is 13.7 Å². The first kappa shape index (κ1) is 18.4. The van der Waals surface area contributed by atoms with E-state index in [0.717, 1.165) is 5.56 Å². The van der Waals surface area contributed by atoms with Crippen molar-refractivity contribution in [1.29, 1.82) is 0 Å².